The third kappa shape index (κ3) is 4.81. The minimum absolute atomic E-state index is 0.0873. The molecule has 6 heteroatoms. The van der Waals surface area contributed by atoms with Crippen molar-refractivity contribution in [2.45, 2.75) is 54.4 Å². The highest BCUT2D eigenvalue weighted by Crippen LogP contribution is 2.28. The molecule has 176 valence electrons. The van der Waals surface area contributed by atoms with Gasteiger partial charge in [-0.25, -0.2) is 4.98 Å². The number of nitrogens with one attached hydrogen (secondary N) is 1. The fourth-order valence-electron chi connectivity index (χ4n) is 4.26. The van der Waals surface area contributed by atoms with Gasteiger partial charge in [-0.3, -0.25) is 4.79 Å². The predicted octanol–water partition coefficient (Wildman–Crippen LogP) is 6.10. The largest absolute Gasteiger partial charge is 0.483 e. The van der Waals surface area contributed by atoms with Crippen molar-refractivity contribution in [3.63, 3.8) is 0 Å². The number of aromatic nitrogens is 3. The van der Waals surface area contributed by atoms with Crippen LogP contribution in [0.3, 0.4) is 0 Å². The molecule has 2 aromatic carbocycles. The molecule has 6 nitrogen and oxygen atoms in total. The van der Waals surface area contributed by atoms with E-state index in [4.69, 9.17) is 9.72 Å². The van der Waals surface area contributed by atoms with Gasteiger partial charge in [0.2, 0.25) is 0 Å². The molecule has 4 aromatic rings. The zero-order chi connectivity index (χ0) is 24.6. The summed E-state index contributed by atoms with van der Waals surface area (Å²) in [6.45, 7) is 14.3. The maximum Gasteiger partial charge on any atom is 0.263 e. The number of nitrogens with zero attached hydrogens (tertiary/aromatic N) is 3. The molecular weight excluding hydrogens is 424 g/mol. The lowest BCUT2D eigenvalue weighted by Gasteiger charge is -2.15. The van der Waals surface area contributed by atoms with Crippen molar-refractivity contribution >= 4 is 22.6 Å². The number of hydrogen-bond acceptors (Lipinski definition) is 4. The van der Waals surface area contributed by atoms with Gasteiger partial charge in [0.1, 0.15) is 11.6 Å². The number of hydrogen-bond donors (Lipinski definition) is 1. The molecule has 1 amide bonds. The molecule has 0 bridgehead atoms. The molecule has 0 saturated carbocycles. The van der Waals surface area contributed by atoms with Crippen LogP contribution in [0.15, 0.2) is 42.5 Å². The lowest BCUT2D eigenvalue weighted by molar-refractivity contribution is -0.118. The number of fused-ring (bicyclic) bond motifs is 1. The average Bonchev–Trinajstić information content (AvgIpc) is 3.12. The molecule has 0 atom stereocenters. The van der Waals surface area contributed by atoms with Crippen LogP contribution >= 0.6 is 0 Å². The molecule has 0 aliphatic carbocycles. The molecule has 2 heterocycles. The second-order valence-electron chi connectivity index (χ2n) is 9.39. The number of rotatable bonds is 6. The lowest BCUT2D eigenvalue weighted by atomic mass is 10.0. The minimum atomic E-state index is -0.248. The zero-order valence-electron chi connectivity index (χ0n) is 21.0. The van der Waals surface area contributed by atoms with Crippen LogP contribution in [0, 0.1) is 34.6 Å². The van der Waals surface area contributed by atoms with Gasteiger partial charge in [-0.15, -0.1) is 0 Å². The topological polar surface area (TPSA) is 69.0 Å². The van der Waals surface area contributed by atoms with Gasteiger partial charge in [0.05, 0.1) is 11.2 Å². The summed E-state index contributed by atoms with van der Waals surface area (Å²) in [5.41, 5.74) is 7.34. The number of ether oxygens (including phenoxy) is 1. The normalized spacial score (nSPS) is 11.3. The molecule has 0 unspecified atom stereocenters. The fraction of sp³-hybridized carbons (Fsp3) is 0.321. The Bertz CT molecular complexity index is 1390. The van der Waals surface area contributed by atoms with Crippen molar-refractivity contribution in [3.8, 4) is 11.6 Å². The zero-order valence-corrected chi connectivity index (χ0v) is 21.0. The van der Waals surface area contributed by atoms with Gasteiger partial charge in [0.25, 0.3) is 5.91 Å². The average molecular weight is 457 g/mol. The van der Waals surface area contributed by atoms with Gasteiger partial charge in [-0.1, -0.05) is 37.6 Å². The van der Waals surface area contributed by atoms with E-state index < -0.39 is 0 Å². The predicted molar refractivity (Wildman–Crippen MR) is 137 cm³/mol. The fourth-order valence-corrected chi connectivity index (χ4v) is 4.26. The first kappa shape index (κ1) is 23.5. The minimum Gasteiger partial charge on any atom is -0.483 e. The second kappa shape index (κ2) is 9.29. The maximum atomic E-state index is 12.8. The first-order chi connectivity index (χ1) is 16.1. The van der Waals surface area contributed by atoms with Crippen LogP contribution in [0.4, 0.5) is 5.82 Å². The molecular formula is C28H32N4O2. The molecule has 1 N–H and O–H groups in total. The lowest BCUT2D eigenvalue weighted by Crippen LogP contribution is -2.22. The summed E-state index contributed by atoms with van der Waals surface area (Å²) in [7, 11) is 0. The molecule has 0 saturated heterocycles. The number of aryl methyl sites for hydroxylation is 5. The van der Waals surface area contributed by atoms with E-state index >= 15 is 0 Å². The van der Waals surface area contributed by atoms with E-state index in [-0.39, 0.29) is 12.5 Å². The number of carbonyl (C=O) groups is 1. The smallest absolute Gasteiger partial charge is 0.263 e. The summed E-state index contributed by atoms with van der Waals surface area (Å²) >= 11 is 0. The highest BCUT2D eigenvalue weighted by Gasteiger charge is 2.16. The standard InChI is InChI=1S/C28H32N4O2/c1-16(2)22-9-8-17(3)12-24(22)34-15-27(33)29-26-14-21(7)31-32(26)25-13-19(5)23-11-18(4)10-20(6)28(23)30-25/h8-14,16H,15H2,1-7H3,(H,29,33). The summed E-state index contributed by atoms with van der Waals surface area (Å²) in [6.07, 6.45) is 0. The summed E-state index contributed by atoms with van der Waals surface area (Å²) in [4.78, 5) is 17.7. The monoisotopic (exact) mass is 456 g/mol. The van der Waals surface area contributed by atoms with Gasteiger partial charge >= 0.3 is 0 Å². The quantitative estimate of drug-likeness (QED) is 0.380. The van der Waals surface area contributed by atoms with Crippen molar-refractivity contribution in [2.75, 3.05) is 11.9 Å². The molecule has 0 radical (unpaired) electrons. The summed E-state index contributed by atoms with van der Waals surface area (Å²) < 4.78 is 7.60. The van der Waals surface area contributed by atoms with Crippen LogP contribution < -0.4 is 10.1 Å². The van der Waals surface area contributed by atoms with Crippen LogP contribution in [0.25, 0.3) is 16.7 Å². The van der Waals surface area contributed by atoms with Crippen LogP contribution in [-0.4, -0.2) is 27.3 Å². The van der Waals surface area contributed by atoms with E-state index in [1.54, 1.807) is 4.68 Å². The Morgan fingerprint density at radius 2 is 1.74 bits per heavy atom. The van der Waals surface area contributed by atoms with Gasteiger partial charge < -0.3 is 10.1 Å². The highest BCUT2D eigenvalue weighted by molar-refractivity contribution is 5.91. The Morgan fingerprint density at radius 3 is 2.47 bits per heavy atom. The van der Waals surface area contributed by atoms with E-state index in [2.05, 4.69) is 69.3 Å². The van der Waals surface area contributed by atoms with E-state index in [1.165, 1.54) is 5.56 Å². The van der Waals surface area contributed by atoms with Crippen molar-refractivity contribution in [3.05, 3.63) is 76.0 Å². The summed E-state index contributed by atoms with van der Waals surface area (Å²) in [5.74, 6) is 2.03. The number of anilines is 1. The summed E-state index contributed by atoms with van der Waals surface area (Å²) in [5, 5.41) is 8.67. The van der Waals surface area contributed by atoms with E-state index in [0.717, 1.165) is 44.6 Å². The summed E-state index contributed by atoms with van der Waals surface area (Å²) in [6, 6.07) is 14.2. The van der Waals surface area contributed by atoms with Crippen LogP contribution in [0.2, 0.25) is 0 Å². The van der Waals surface area contributed by atoms with E-state index in [1.807, 2.05) is 32.0 Å². The maximum absolute atomic E-state index is 12.8. The van der Waals surface area contributed by atoms with Gasteiger partial charge in [0, 0.05) is 11.5 Å². The first-order valence-electron chi connectivity index (χ1n) is 11.6. The van der Waals surface area contributed by atoms with Gasteiger partial charge in [-0.05, 0) is 81.0 Å². The Kier molecular flexibility index (Phi) is 6.42. The van der Waals surface area contributed by atoms with Crippen molar-refractivity contribution < 1.29 is 9.53 Å². The van der Waals surface area contributed by atoms with Gasteiger partial charge in [0.15, 0.2) is 12.4 Å². The number of carbonyl (C=O) groups excluding carboxylic acids is 1. The van der Waals surface area contributed by atoms with E-state index in [0.29, 0.717) is 17.6 Å². The molecule has 4 rings (SSSR count). The Balaban J connectivity index is 1.59. The number of amides is 1. The third-order valence-electron chi connectivity index (χ3n) is 5.91. The Hall–Kier alpha value is -3.67. The second-order valence-corrected chi connectivity index (χ2v) is 9.39. The molecule has 34 heavy (non-hydrogen) atoms. The van der Waals surface area contributed by atoms with Crippen molar-refractivity contribution in [1.82, 2.24) is 14.8 Å². The number of benzene rings is 2. The third-order valence-corrected chi connectivity index (χ3v) is 5.91. The SMILES string of the molecule is Cc1ccc(C(C)C)c(OCC(=O)Nc2cc(C)nn2-c2cc(C)c3cc(C)cc(C)c3n2)c1. The molecule has 0 aliphatic heterocycles. The first-order valence-corrected chi connectivity index (χ1v) is 11.6. The van der Waals surface area contributed by atoms with Crippen LogP contribution in [0.1, 0.15) is 53.3 Å². The molecule has 2 aromatic heterocycles. The Labute approximate surface area is 201 Å². The van der Waals surface area contributed by atoms with Crippen molar-refractivity contribution in [1.29, 1.82) is 0 Å². The van der Waals surface area contributed by atoms with Gasteiger partial charge in [-0.2, -0.15) is 9.78 Å². The number of pyridine rings is 1. The van der Waals surface area contributed by atoms with E-state index in [9.17, 15) is 4.79 Å². The van der Waals surface area contributed by atoms with Crippen molar-refractivity contribution in [2.24, 2.45) is 0 Å². The molecule has 0 aliphatic rings. The molecule has 0 spiro atoms. The highest BCUT2D eigenvalue weighted by atomic mass is 16.5. The Morgan fingerprint density at radius 1 is 0.971 bits per heavy atom. The van der Waals surface area contributed by atoms with Crippen LogP contribution in [0.5, 0.6) is 5.75 Å². The van der Waals surface area contributed by atoms with Crippen LogP contribution in [-0.2, 0) is 4.79 Å². The molecule has 0 fully saturated rings.